The van der Waals surface area contributed by atoms with Gasteiger partial charge in [0.25, 0.3) is 11.5 Å². The number of primary amides is 1. The van der Waals surface area contributed by atoms with Gasteiger partial charge in [0.05, 0.1) is 10.6 Å². The van der Waals surface area contributed by atoms with E-state index in [1.54, 1.807) is 25.1 Å². The molecule has 1 atom stereocenters. The summed E-state index contributed by atoms with van der Waals surface area (Å²) in [7, 11) is 0. The summed E-state index contributed by atoms with van der Waals surface area (Å²) in [6, 6.07) is 10.8. The Morgan fingerprint density at radius 2 is 1.62 bits per heavy atom. The lowest BCUT2D eigenvalue weighted by molar-refractivity contribution is -0.262. The van der Waals surface area contributed by atoms with E-state index in [1.165, 1.54) is 23.1 Å². The van der Waals surface area contributed by atoms with E-state index in [2.05, 4.69) is 4.90 Å². The zero-order valence-electron chi connectivity index (χ0n) is 22.0. The molecular weight excluding hydrogens is 531 g/mol. The lowest BCUT2D eigenvalue weighted by Crippen LogP contribution is -2.57. The van der Waals surface area contributed by atoms with Crippen molar-refractivity contribution in [3.63, 3.8) is 0 Å². The Morgan fingerprint density at radius 3 is 2.15 bits per heavy atom. The summed E-state index contributed by atoms with van der Waals surface area (Å²) in [5.74, 6) is -1.06. The van der Waals surface area contributed by atoms with Crippen molar-refractivity contribution in [3.05, 3.63) is 64.2 Å². The lowest BCUT2D eigenvalue weighted by Gasteiger charge is -2.40. The van der Waals surface area contributed by atoms with Gasteiger partial charge in [-0.3, -0.25) is 9.59 Å². The largest absolute Gasteiger partial charge is 0.430 e. The van der Waals surface area contributed by atoms with Crippen molar-refractivity contribution in [2.24, 2.45) is 17.6 Å². The van der Waals surface area contributed by atoms with Gasteiger partial charge in [-0.2, -0.15) is 13.2 Å². The Hall–Kier alpha value is -2.78. The second kappa shape index (κ2) is 11.8. The summed E-state index contributed by atoms with van der Waals surface area (Å²) in [5, 5.41) is 11.1. The van der Waals surface area contributed by atoms with Crippen molar-refractivity contribution in [3.8, 4) is 0 Å². The Balaban J connectivity index is 1.32. The van der Waals surface area contributed by atoms with Crippen LogP contribution in [0.4, 0.5) is 18.9 Å². The molecule has 2 aliphatic heterocycles. The number of nitrogens with zero attached hydrogens (tertiary/aromatic N) is 2. The standard InChI is InChI=1S/C29H35ClF3N3O3/c1-2-19-4-3-5-22(17-19)28(39,29(31,32)33)27(38)36-14-10-21(11-15-36)16-20-8-12-35(13-9-20)23-6-7-24(26(34)37)25(30)18-23/h3-7,17-18,20-21,39H,2,8-16H2,1H3,(H2,34,37)/t28-/m1/s1. The molecule has 0 aromatic heterocycles. The molecule has 4 rings (SSSR count). The number of alkyl halides is 3. The van der Waals surface area contributed by atoms with Crippen LogP contribution in [0.25, 0.3) is 0 Å². The van der Waals surface area contributed by atoms with Crippen LogP contribution >= 0.6 is 11.6 Å². The molecule has 212 valence electrons. The van der Waals surface area contributed by atoms with Crippen LogP contribution < -0.4 is 10.6 Å². The zero-order valence-corrected chi connectivity index (χ0v) is 22.8. The highest BCUT2D eigenvalue weighted by molar-refractivity contribution is 6.34. The molecule has 2 saturated heterocycles. The van der Waals surface area contributed by atoms with Gasteiger partial charge in [0.2, 0.25) is 5.91 Å². The lowest BCUT2D eigenvalue weighted by atomic mass is 9.82. The predicted octanol–water partition coefficient (Wildman–Crippen LogP) is 5.30. The van der Waals surface area contributed by atoms with Crippen LogP contribution in [-0.2, 0) is 16.8 Å². The summed E-state index contributed by atoms with van der Waals surface area (Å²) < 4.78 is 42.4. The maximum atomic E-state index is 14.1. The average molecular weight is 566 g/mol. The van der Waals surface area contributed by atoms with E-state index in [0.29, 0.717) is 47.2 Å². The number of amides is 2. The first-order valence-electron chi connectivity index (χ1n) is 13.5. The number of carbonyl (C=O) groups excluding carboxylic acids is 2. The van der Waals surface area contributed by atoms with E-state index < -0.39 is 29.2 Å². The SMILES string of the molecule is CCc1cccc([C@@](O)(C(=O)N2CCC(CC3CCN(c4ccc(C(N)=O)c(Cl)c4)CC3)CC2)C(F)(F)F)c1. The second-order valence-corrected chi connectivity index (χ2v) is 11.1. The van der Waals surface area contributed by atoms with Gasteiger partial charge in [-0.1, -0.05) is 42.8 Å². The van der Waals surface area contributed by atoms with Gasteiger partial charge in [0.15, 0.2) is 0 Å². The third-order valence-corrected chi connectivity index (χ3v) is 8.55. The number of rotatable bonds is 7. The number of aliphatic hydroxyl groups is 1. The summed E-state index contributed by atoms with van der Waals surface area (Å²) in [6.07, 6.45) is -0.523. The molecule has 0 bridgehead atoms. The first-order chi connectivity index (χ1) is 18.4. The molecule has 2 amide bonds. The van der Waals surface area contributed by atoms with Gasteiger partial charge in [0.1, 0.15) is 0 Å². The third kappa shape index (κ3) is 6.19. The highest BCUT2D eigenvalue weighted by atomic mass is 35.5. The number of likely N-dealkylation sites (tertiary alicyclic amines) is 1. The zero-order chi connectivity index (χ0) is 28.4. The number of halogens is 4. The number of benzene rings is 2. The molecule has 0 aliphatic carbocycles. The summed E-state index contributed by atoms with van der Waals surface area (Å²) in [6.45, 7) is 3.87. The number of hydrogen-bond acceptors (Lipinski definition) is 4. The van der Waals surface area contributed by atoms with E-state index in [-0.39, 0.29) is 13.1 Å². The summed E-state index contributed by atoms with van der Waals surface area (Å²) in [5.41, 5.74) is 3.20. The molecule has 3 N–H and O–H groups in total. The minimum Gasteiger partial charge on any atom is -0.371 e. The maximum absolute atomic E-state index is 14.1. The molecular formula is C29H35ClF3N3O3. The number of piperidine rings is 2. The number of nitrogens with two attached hydrogens (primary N) is 1. The average Bonchev–Trinajstić information content (AvgIpc) is 2.92. The van der Waals surface area contributed by atoms with Gasteiger partial charge in [-0.05, 0) is 74.1 Å². The maximum Gasteiger partial charge on any atom is 0.430 e. The highest BCUT2D eigenvalue weighted by Crippen LogP contribution is 2.42. The predicted molar refractivity (Wildman–Crippen MR) is 145 cm³/mol. The number of anilines is 1. The van der Waals surface area contributed by atoms with Crippen LogP contribution in [-0.4, -0.2) is 54.2 Å². The van der Waals surface area contributed by atoms with Crippen molar-refractivity contribution in [1.82, 2.24) is 4.90 Å². The van der Waals surface area contributed by atoms with E-state index >= 15 is 0 Å². The Labute approximate surface area is 231 Å². The van der Waals surface area contributed by atoms with Crippen LogP contribution in [0.1, 0.15) is 60.5 Å². The Bertz CT molecular complexity index is 1190. The van der Waals surface area contributed by atoms with Crippen LogP contribution in [0.15, 0.2) is 42.5 Å². The van der Waals surface area contributed by atoms with Crippen molar-refractivity contribution >= 4 is 29.1 Å². The molecule has 10 heteroatoms. The van der Waals surface area contributed by atoms with Crippen molar-refractivity contribution < 1.29 is 27.9 Å². The van der Waals surface area contributed by atoms with Crippen LogP contribution in [0.5, 0.6) is 0 Å². The van der Waals surface area contributed by atoms with Crippen LogP contribution in [0.3, 0.4) is 0 Å². The molecule has 2 aromatic rings. The first-order valence-corrected chi connectivity index (χ1v) is 13.8. The number of carbonyl (C=O) groups is 2. The quantitative estimate of drug-likeness (QED) is 0.477. The van der Waals surface area contributed by atoms with Crippen LogP contribution in [0.2, 0.25) is 5.02 Å². The fourth-order valence-corrected chi connectivity index (χ4v) is 6.09. The van der Waals surface area contributed by atoms with Crippen LogP contribution in [0, 0.1) is 11.8 Å². The smallest absolute Gasteiger partial charge is 0.371 e. The van der Waals surface area contributed by atoms with Gasteiger partial charge in [0, 0.05) is 37.4 Å². The highest BCUT2D eigenvalue weighted by Gasteiger charge is 2.62. The molecule has 0 spiro atoms. The molecule has 6 nitrogen and oxygen atoms in total. The molecule has 0 unspecified atom stereocenters. The number of hydrogen-bond donors (Lipinski definition) is 2. The van der Waals surface area contributed by atoms with E-state index in [1.807, 2.05) is 6.07 Å². The number of aryl methyl sites for hydroxylation is 1. The molecule has 0 saturated carbocycles. The van der Waals surface area contributed by atoms with Crippen molar-refractivity contribution in [1.29, 1.82) is 0 Å². The molecule has 39 heavy (non-hydrogen) atoms. The molecule has 2 heterocycles. The van der Waals surface area contributed by atoms with E-state index in [4.69, 9.17) is 17.3 Å². The first kappa shape index (κ1) is 29.2. The normalized spacial score (nSPS) is 19.1. The van der Waals surface area contributed by atoms with E-state index in [9.17, 15) is 27.9 Å². The molecule has 2 aliphatic rings. The van der Waals surface area contributed by atoms with Gasteiger partial charge < -0.3 is 20.6 Å². The second-order valence-electron chi connectivity index (χ2n) is 10.7. The topological polar surface area (TPSA) is 86.9 Å². The third-order valence-electron chi connectivity index (χ3n) is 8.24. The minimum absolute atomic E-state index is 0.193. The molecule has 0 radical (unpaired) electrons. The van der Waals surface area contributed by atoms with Gasteiger partial charge in [-0.15, -0.1) is 0 Å². The van der Waals surface area contributed by atoms with Gasteiger partial charge in [-0.25, -0.2) is 0 Å². The summed E-state index contributed by atoms with van der Waals surface area (Å²) in [4.78, 5) is 27.9. The Kier molecular flexibility index (Phi) is 8.81. The van der Waals surface area contributed by atoms with Gasteiger partial charge >= 0.3 is 6.18 Å². The fourth-order valence-electron chi connectivity index (χ4n) is 5.82. The fraction of sp³-hybridized carbons (Fsp3) is 0.517. The minimum atomic E-state index is -5.13. The monoisotopic (exact) mass is 565 g/mol. The van der Waals surface area contributed by atoms with Crippen molar-refractivity contribution in [2.75, 3.05) is 31.1 Å². The summed E-state index contributed by atoms with van der Waals surface area (Å²) >= 11 is 6.20. The molecule has 2 fully saturated rings. The Morgan fingerprint density at radius 1 is 1.00 bits per heavy atom. The van der Waals surface area contributed by atoms with E-state index in [0.717, 1.165) is 38.0 Å². The molecule has 2 aromatic carbocycles. The van der Waals surface area contributed by atoms with Crippen molar-refractivity contribution in [2.45, 2.75) is 57.2 Å².